The highest BCUT2D eigenvalue weighted by molar-refractivity contribution is 5.78. The summed E-state index contributed by atoms with van der Waals surface area (Å²) in [6, 6.07) is 20.8. The van der Waals surface area contributed by atoms with Crippen molar-refractivity contribution in [2.45, 2.75) is 38.8 Å². The summed E-state index contributed by atoms with van der Waals surface area (Å²) in [7, 11) is 0. The van der Waals surface area contributed by atoms with E-state index in [2.05, 4.69) is 51.8 Å². The number of carbonyl (C=O) groups is 1. The molecule has 1 aliphatic rings. The number of benzene rings is 2. The quantitative estimate of drug-likeness (QED) is 0.666. The zero-order chi connectivity index (χ0) is 20.2. The number of carbonyl (C=O) groups excluding carboxylic acids is 1. The van der Waals surface area contributed by atoms with Crippen molar-refractivity contribution in [2.75, 3.05) is 13.1 Å². The van der Waals surface area contributed by atoms with Crippen LogP contribution in [0.5, 0.6) is 0 Å². The Bertz CT molecular complexity index is 950. The van der Waals surface area contributed by atoms with Crippen LogP contribution < -0.4 is 5.32 Å². The number of amides is 1. The van der Waals surface area contributed by atoms with E-state index in [0.29, 0.717) is 6.54 Å². The standard InChI is InChI=1S/C24H27N3O2/c1-17-15-22(26-29-17)23-9-6-14-27(23)16-24(28)25-18(2)19-10-12-21(13-11-19)20-7-4-3-5-8-20/h3-5,7-8,10-13,15,18,23H,6,9,14,16H2,1-2H3,(H,25,28)/t18-,23+/m1/s1. The highest BCUT2D eigenvalue weighted by Gasteiger charge is 2.30. The second-order valence-corrected chi connectivity index (χ2v) is 7.77. The Morgan fingerprint density at radius 3 is 2.59 bits per heavy atom. The molecule has 1 N–H and O–H groups in total. The van der Waals surface area contributed by atoms with Crippen molar-refractivity contribution in [3.8, 4) is 11.1 Å². The van der Waals surface area contributed by atoms with Crippen molar-refractivity contribution in [3.05, 3.63) is 77.7 Å². The van der Waals surface area contributed by atoms with Gasteiger partial charge in [0.05, 0.1) is 18.6 Å². The van der Waals surface area contributed by atoms with E-state index in [-0.39, 0.29) is 18.0 Å². The molecule has 5 heteroatoms. The van der Waals surface area contributed by atoms with Gasteiger partial charge in [-0.3, -0.25) is 9.69 Å². The lowest BCUT2D eigenvalue weighted by Gasteiger charge is -2.23. The molecule has 2 atom stereocenters. The fraction of sp³-hybridized carbons (Fsp3) is 0.333. The first-order valence-corrected chi connectivity index (χ1v) is 10.2. The molecule has 0 radical (unpaired) electrons. The fourth-order valence-electron chi connectivity index (χ4n) is 4.04. The monoisotopic (exact) mass is 389 g/mol. The Morgan fingerprint density at radius 2 is 1.90 bits per heavy atom. The van der Waals surface area contributed by atoms with Crippen LogP contribution >= 0.6 is 0 Å². The summed E-state index contributed by atoms with van der Waals surface area (Å²) < 4.78 is 5.22. The highest BCUT2D eigenvalue weighted by Crippen LogP contribution is 2.31. The Labute approximate surface area is 171 Å². The summed E-state index contributed by atoms with van der Waals surface area (Å²) >= 11 is 0. The summed E-state index contributed by atoms with van der Waals surface area (Å²) in [5.74, 6) is 0.848. The van der Waals surface area contributed by atoms with Crippen molar-refractivity contribution in [1.82, 2.24) is 15.4 Å². The Balaban J connectivity index is 1.35. The summed E-state index contributed by atoms with van der Waals surface area (Å²) in [6.07, 6.45) is 2.08. The summed E-state index contributed by atoms with van der Waals surface area (Å²) in [5.41, 5.74) is 4.40. The minimum Gasteiger partial charge on any atom is -0.361 e. The van der Waals surface area contributed by atoms with Gasteiger partial charge in [-0.1, -0.05) is 59.8 Å². The lowest BCUT2D eigenvalue weighted by Crippen LogP contribution is -2.38. The predicted octanol–water partition coefficient (Wildman–Crippen LogP) is 4.66. The van der Waals surface area contributed by atoms with Crippen LogP contribution in [0, 0.1) is 6.92 Å². The van der Waals surface area contributed by atoms with E-state index in [9.17, 15) is 4.79 Å². The number of nitrogens with one attached hydrogen (secondary N) is 1. The molecule has 0 bridgehead atoms. The minimum atomic E-state index is -0.0392. The molecule has 0 spiro atoms. The molecule has 4 rings (SSSR count). The second kappa shape index (κ2) is 8.62. The molecule has 29 heavy (non-hydrogen) atoms. The van der Waals surface area contributed by atoms with Gasteiger partial charge < -0.3 is 9.84 Å². The van der Waals surface area contributed by atoms with Crippen LogP contribution in [0.2, 0.25) is 0 Å². The zero-order valence-electron chi connectivity index (χ0n) is 17.0. The van der Waals surface area contributed by atoms with Crippen LogP contribution in [0.25, 0.3) is 11.1 Å². The molecule has 5 nitrogen and oxygen atoms in total. The Hall–Kier alpha value is -2.92. The first-order chi connectivity index (χ1) is 14.1. The largest absolute Gasteiger partial charge is 0.361 e. The van der Waals surface area contributed by atoms with E-state index in [4.69, 9.17) is 4.52 Å². The van der Waals surface area contributed by atoms with Gasteiger partial charge in [-0.15, -0.1) is 0 Å². The molecule has 2 heterocycles. The van der Waals surface area contributed by atoms with Crippen molar-refractivity contribution < 1.29 is 9.32 Å². The Morgan fingerprint density at radius 1 is 1.17 bits per heavy atom. The van der Waals surface area contributed by atoms with Gasteiger partial charge in [0.15, 0.2) is 0 Å². The molecule has 0 saturated carbocycles. The molecule has 0 unspecified atom stereocenters. The maximum absolute atomic E-state index is 12.7. The van der Waals surface area contributed by atoms with E-state index < -0.39 is 0 Å². The number of aromatic nitrogens is 1. The normalized spacial score (nSPS) is 17.9. The molecular formula is C24H27N3O2. The summed E-state index contributed by atoms with van der Waals surface area (Å²) in [5, 5.41) is 7.28. The van der Waals surface area contributed by atoms with Crippen LogP contribution in [-0.2, 0) is 4.79 Å². The molecule has 150 valence electrons. The van der Waals surface area contributed by atoms with E-state index in [1.807, 2.05) is 38.1 Å². The lowest BCUT2D eigenvalue weighted by molar-refractivity contribution is -0.123. The smallest absolute Gasteiger partial charge is 0.234 e. The maximum Gasteiger partial charge on any atom is 0.234 e. The predicted molar refractivity (Wildman–Crippen MR) is 113 cm³/mol. The molecule has 3 aromatic rings. The average Bonchev–Trinajstić information content (AvgIpc) is 3.37. The van der Waals surface area contributed by atoms with Crippen LogP contribution in [0.1, 0.15) is 48.9 Å². The summed E-state index contributed by atoms with van der Waals surface area (Å²) in [4.78, 5) is 14.8. The third kappa shape index (κ3) is 4.57. The third-order valence-electron chi connectivity index (χ3n) is 5.59. The maximum atomic E-state index is 12.7. The number of likely N-dealkylation sites (tertiary alicyclic amines) is 1. The van der Waals surface area contributed by atoms with E-state index in [1.54, 1.807) is 0 Å². The van der Waals surface area contributed by atoms with Crippen LogP contribution in [0.15, 0.2) is 65.2 Å². The Kier molecular flexibility index (Phi) is 5.76. The van der Waals surface area contributed by atoms with Gasteiger partial charge in [0, 0.05) is 6.07 Å². The number of aryl methyl sites for hydroxylation is 1. The first-order valence-electron chi connectivity index (χ1n) is 10.2. The van der Waals surface area contributed by atoms with Gasteiger partial charge in [0.1, 0.15) is 11.5 Å². The molecule has 1 saturated heterocycles. The van der Waals surface area contributed by atoms with Gasteiger partial charge in [-0.2, -0.15) is 0 Å². The van der Waals surface area contributed by atoms with Gasteiger partial charge >= 0.3 is 0 Å². The van der Waals surface area contributed by atoms with Crippen molar-refractivity contribution in [2.24, 2.45) is 0 Å². The number of rotatable bonds is 6. The molecule has 1 fully saturated rings. The van der Waals surface area contributed by atoms with Crippen LogP contribution in [0.3, 0.4) is 0 Å². The lowest BCUT2D eigenvalue weighted by atomic mass is 10.0. The summed E-state index contributed by atoms with van der Waals surface area (Å²) in [6.45, 7) is 5.21. The van der Waals surface area contributed by atoms with Crippen LogP contribution in [-0.4, -0.2) is 29.1 Å². The van der Waals surface area contributed by atoms with Crippen molar-refractivity contribution in [1.29, 1.82) is 0 Å². The second-order valence-electron chi connectivity index (χ2n) is 7.77. The topological polar surface area (TPSA) is 58.4 Å². The highest BCUT2D eigenvalue weighted by atomic mass is 16.5. The minimum absolute atomic E-state index is 0.0387. The van der Waals surface area contributed by atoms with E-state index >= 15 is 0 Å². The molecule has 1 amide bonds. The fourth-order valence-corrected chi connectivity index (χ4v) is 4.04. The van der Waals surface area contributed by atoms with Gasteiger partial charge in [-0.25, -0.2) is 0 Å². The molecule has 1 aliphatic heterocycles. The number of hydrogen-bond acceptors (Lipinski definition) is 4. The van der Waals surface area contributed by atoms with Crippen molar-refractivity contribution in [3.63, 3.8) is 0 Å². The van der Waals surface area contributed by atoms with Gasteiger partial charge in [-0.05, 0) is 49.9 Å². The first kappa shape index (κ1) is 19.4. The molecular weight excluding hydrogens is 362 g/mol. The SMILES string of the molecule is Cc1cc([C@@H]2CCCN2CC(=O)N[C@H](C)c2ccc(-c3ccccc3)cc2)no1. The molecule has 0 aliphatic carbocycles. The van der Waals surface area contributed by atoms with E-state index in [1.165, 1.54) is 11.1 Å². The molecule has 2 aromatic carbocycles. The van der Waals surface area contributed by atoms with E-state index in [0.717, 1.165) is 36.4 Å². The van der Waals surface area contributed by atoms with Gasteiger partial charge in [0.25, 0.3) is 0 Å². The van der Waals surface area contributed by atoms with Crippen LogP contribution in [0.4, 0.5) is 0 Å². The number of hydrogen-bond donors (Lipinski definition) is 1. The molecule has 1 aromatic heterocycles. The van der Waals surface area contributed by atoms with Crippen molar-refractivity contribution >= 4 is 5.91 Å². The third-order valence-corrected chi connectivity index (χ3v) is 5.59. The zero-order valence-corrected chi connectivity index (χ0v) is 17.0. The van der Waals surface area contributed by atoms with Gasteiger partial charge in [0.2, 0.25) is 5.91 Å². The number of nitrogens with zero attached hydrogens (tertiary/aromatic N) is 2. The average molecular weight is 389 g/mol.